The first kappa shape index (κ1) is 11.2. The van der Waals surface area contributed by atoms with E-state index in [-0.39, 0.29) is 6.54 Å². The Balaban J connectivity index is 2.46. The monoisotopic (exact) mass is 247 g/mol. The van der Waals surface area contributed by atoms with Crippen LogP contribution in [-0.4, -0.2) is 19.8 Å². The fraction of sp³-hybridized carbons (Fsp3) is 0.400. The zero-order valence-electron chi connectivity index (χ0n) is 8.00. The van der Waals surface area contributed by atoms with E-state index in [1.54, 1.807) is 18.2 Å². The van der Waals surface area contributed by atoms with Gasteiger partial charge in [-0.05, 0) is 18.2 Å². The molecule has 0 saturated carbocycles. The lowest BCUT2D eigenvalue weighted by Gasteiger charge is -2.27. The fourth-order valence-electron chi connectivity index (χ4n) is 1.63. The molecule has 2 rings (SSSR count). The average molecular weight is 248 g/mol. The van der Waals surface area contributed by atoms with E-state index in [2.05, 4.69) is 0 Å². The Kier molecular flexibility index (Phi) is 3.19. The Labute approximate surface area is 98.1 Å². The summed E-state index contributed by atoms with van der Waals surface area (Å²) in [4.78, 5) is 0. The molecule has 1 fully saturated rings. The van der Waals surface area contributed by atoms with Gasteiger partial charge in [0.15, 0.2) is 0 Å². The highest BCUT2D eigenvalue weighted by atomic mass is 35.5. The molecule has 1 aliphatic heterocycles. The molecule has 0 aliphatic carbocycles. The standard InChI is InChI=1S/C10H11Cl2NO2/c11-7-1-2-9(12)8(5-7)10(6-13)14-3-4-15-10/h1-2,5H,3-4,6,13H2. The van der Waals surface area contributed by atoms with Gasteiger partial charge in [-0.25, -0.2) is 0 Å². The van der Waals surface area contributed by atoms with Crippen LogP contribution < -0.4 is 5.73 Å². The Morgan fingerprint density at radius 3 is 2.53 bits per heavy atom. The highest BCUT2D eigenvalue weighted by molar-refractivity contribution is 6.33. The normalized spacial score (nSPS) is 19.4. The molecule has 15 heavy (non-hydrogen) atoms. The maximum Gasteiger partial charge on any atom is 0.209 e. The largest absolute Gasteiger partial charge is 0.342 e. The van der Waals surface area contributed by atoms with E-state index in [1.165, 1.54) is 0 Å². The summed E-state index contributed by atoms with van der Waals surface area (Å²) in [6.07, 6.45) is 0. The zero-order chi connectivity index (χ0) is 10.9. The number of hydrogen-bond donors (Lipinski definition) is 1. The molecule has 2 N–H and O–H groups in total. The van der Waals surface area contributed by atoms with Gasteiger partial charge in [0.1, 0.15) is 0 Å². The zero-order valence-corrected chi connectivity index (χ0v) is 9.52. The van der Waals surface area contributed by atoms with Crippen molar-refractivity contribution >= 4 is 23.2 Å². The molecule has 5 heteroatoms. The highest BCUT2D eigenvalue weighted by Crippen LogP contribution is 2.36. The second-order valence-electron chi connectivity index (χ2n) is 3.28. The van der Waals surface area contributed by atoms with Crippen LogP contribution >= 0.6 is 23.2 Å². The second-order valence-corrected chi connectivity index (χ2v) is 4.12. The molecule has 82 valence electrons. The molecule has 1 aromatic rings. The summed E-state index contributed by atoms with van der Waals surface area (Å²) in [5, 5.41) is 1.13. The fourth-order valence-corrected chi connectivity index (χ4v) is 2.06. The second kappa shape index (κ2) is 4.28. The minimum absolute atomic E-state index is 0.215. The molecule has 0 aromatic heterocycles. The van der Waals surface area contributed by atoms with Gasteiger partial charge in [0, 0.05) is 15.6 Å². The summed E-state index contributed by atoms with van der Waals surface area (Å²) in [5.41, 5.74) is 6.36. The number of nitrogens with two attached hydrogens (primary N) is 1. The van der Waals surface area contributed by atoms with Crippen molar-refractivity contribution in [3.8, 4) is 0 Å². The minimum Gasteiger partial charge on any atom is -0.342 e. The number of rotatable bonds is 2. The summed E-state index contributed by atoms with van der Waals surface area (Å²) in [6.45, 7) is 1.24. The van der Waals surface area contributed by atoms with E-state index in [4.69, 9.17) is 38.4 Å². The van der Waals surface area contributed by atoms with Crippen LogP contribution in [0.4, 0.5) is 0 Å². The van der Waals surface area contributed by atoms with Crippen LogP contribution in [-0.2, 0) is 15.3 Å². The van der Waals surface area contributed by atoms with E-state index in [0.717, 1.165) is 0 Å². The Bertz CT molecular complexity index is 364. The van der Waals surface area contributed by atoms with Crippen molar-refractivity contribution in [2.75, 3.05) is 19.8 Å². The Hall–Kier alpha value is -0.320. The van der Waals surface area contributed by atoms with E-state index in [0.29, 0.717) is 28.8 Å². The van der Waals surface area contributed by atoms with Crippen LogP contribution in [0, 0.1) is 0 Å². The SMILES string of the molecule is NCC1(c2cc(Cl)ccc2Cl)OCCO1. The van der Waals surface area contributed by atoms with Crippen molar-refractivity contribution in [3.63, 3.8) is 0 Å². The molecular formula is C10H11Cl2NO2. The van der Waals surface area contributed by atoms with Gasteiger partial charge in [-0.2, -0.15) is 0 Å². The quantitative estimate of drug-likeness (QED) is 0.872. The molecule has 1 saturated heterocycles. The lowest BCUT2D eigenvalue weighted by atomic mass is 10.1. The third-order valence-corrected chi connectivity index (χ3v) is 2.93. The van der Waals surface area contributed by atoms with E-state index >= 15 is 0 Å². The molecule has 1 aromatic carbocycles. The van der Waals surface area contributed by atoms with Gasteiger partial charge < -0.3 is 15.2 Å². The summed E-state index contributed by atoms with van der Waals surface area (Å²) in [5.74, 6) is -0.929. The van der Waals surface area contributed by atoms with Crippen LogP contribution in [0.15, 0.2) is 18.2 Å². The van der Waals surface area contributed by atoms with Gasteiger partial charge in [-0.1, -0.05) is 23.2 Å². The molecule has 1 aliphatic rings. The predicted octanol–water partition coefficient (Wildman–Crippen LogP) is 2.15. The number of halogens is 2. The minimum atomic E-state index is -0.929. The van der Waals surface area contributed by atoms with Crippen LogP contribution in [0.3, 0.4) is 0 Å². The van der Waals surface area contributed by atoms with Crippen molar-refractivity contribution in [1.29, 1.82) is 0 Å². The lowest BCUT2D eigenvalue weighted by molar-refractivity contribution is -0.156. The van der Waals surface area contributed by atoms with Crippen LogP contribution in [0.1, 0.15) is 5.56 Å². The molecule has 0 atom stereocenters. The lowest BCUT2D eigenvalue weighted by Crippen LogP contribution is -2.36. The summed E-state index contributed by atoms with van der Waals surface area (Å²) in [6, 6.07) is 5.15. The van der Waals surface area contributed by atoms with Gasteiger partial charge >= 0.3 is 0 Å². The van der Waals surface area contributed by atoms with Crippen molar-refractivity contribution in [2.24, 2.45) is 5.73 Å². The van der Waals surface area contributed by atoms with Crippen LogP contribution in [0.25, 0.3) is 0 Å². The summed E-state index contributed by atoms with van der Waals surface area (Å²) in [7, 11) is 0. The van der Waals surface area contributed by atoms with Gasteiger partial charge in [0.25, 0.3) is 0 Å². The molecule has 0 spiro atoms. The first-order valence-corrected chi connectivity index (χ1v) is 5.37. The average Bonchev–Trinajstić information content (AvgIpc) is 2.71. The topological polar surface area (TPSA) is 44.5 Å². The Morgan fingerprint density at radius 1 is 1.27 bits per heavy atom. The van der Waals surface area contributed by atoms with Crippen molar-refractivity contribution in [1.82, 2.24) is 0 Å². The van der Waals surface area contributed by atoms with Crippen molar-refractivity contribution < 1.29 is 9.47 Å². The summed E-state index contributed by atoms with van der Waals surface area (Å²) < 4.78 is 11.0. The van der Waals surface area contributed by atoms with Gasteiger partial charge in [-0.3, -0.25) is 0 Å². The Morgan fingerprint density at radius 2 is 1.93 bits per heavy atom. The summed E-state index contributed by atoms with van der Waals surface area (Å²) >= 11 is 12.0. The van der Waals surface area contributed by atoms with Crippen molar-refractivity contribution in [2.45, 2.75) is 5.79 Å². The highest BCUT2D eigenvalue weighted by Gasteiger charge is 2.39. The number of benzene rings is 1. The molecule has 0 unspecified atom stereocenters. The first-order valence-electron chi connectivity index (χ1n) is 4.61. The van der Waals surface area contributed by atoms with Gasteiger partial charge in [0.2, 0.25) is 5.79 Å². The van der Waals surface area contributed by atoms with E-state index in [9.17, 15) is 0 Å². The molecule has 0 amide bonds. The smallest absolute Gasteiger partial charge is 0.209 e. The first-order chi connectivity index (χ1) is 7.18. The third kappa shape index (κ3) is 1.98. The number of hydrogen-bond acceptors (Lipinski definition) is 3. The molecule has 0 bridgehead atoms. The third-order valence-electron chi connectivity index (χ3n) is 2.36. The van der Waals surface area contributed by atoms with Gasteiger partial charge in [0.05, 0.1) is 19.8 Å². The van der Waals surface area contributed by atoms with E-state index < -0.39 is 5.79 Å². The maximum absolute atomic E-state index is 6.07. The maximum atomic E-state index is 6.07. The van der Waals surface area contributed by atoms with Crippen LogP contribution in [0.5, 0.6) is 0 Å². The van der Waals surface area contributed by atoms with E-state index in [1.807, 2.05) is 0 Å². The van der Waals surface area contributed by atoms with Crippen LogP contribution in [0.2, 0.25) is 10.0 Å². The molecular weight excluding hydrogens is 237 g/mol. The molecule has 0 radical (unpaired) electrons. The molecule has 3 nitrogen and oxygen atoms in total. The molecule has 1 heterocycles. The number of ether oxygens (including phenoxy) is 2. The predicted molar refractivity (Wildman–Crippen MR) is 59.1 cm³/mol. The van der Waals surface area contributed by atoms with Crippen molar-refractivity contribution in [3.05, 3.63) is 33.8 Å². The van der Waals surface area contributed by atoms with Gasteiger partial charge in [-0.15, -0.1) is 0 Å².